The van der Waals surface area contributed by atoms with Crippen molar-refractivity contribution < 1.29 is 19.1 Å². The van der Waals surface area contributed by atoms with Crippen LogP contribution in [0.1, 0.15) is 30.1 Å². The number of benzene rings is 1. The van der Waals surface area contributed by atoms with Crippen molar-refractivity contribution in [1.82, 2.24) is 4.90 Å². The molecule has 126 valence electrons. The van der Waals surface area contributed by atoms with E-state index in [0.29, 0.717) is 29.5 Å². The summed E-state index contributed by atoms with van der Waals surface area (Å²) in [6, 6.07) is 4.90. The topological polar surface area (TPSA) is 67.9 Å². The molecule has 6 nitrogen and oxygen atoms in total. The first kappa shape index (κ1) is 17.3. The van der Waals surface area contributed by atoms with Crippen molar-refractivity contribution >= 4 is 17.6 Å². The molecule has 0 atom stereocenters. The van der Waals surface area contributed by atoms with Gasteiger partial charge in [0.05, 0.1) is 19.4 Å². The second-order valence-electron chi connectivity index (χ2n) is 5.94. The molecule has 23 heavy (non-hydrogen) atoms. The number of amides is 1. The highest BCUT2D eigenvalue weighted by Gasteiger charge is 2.18. The third-order valence-electron chi connectivity index (χ3n) is 4.13. The van der Waals surface area contributed by atoms with Gasteiger partial charge in [0, 0.05) is 5.56 Å². The lowest BCUT2D eigenvalue weighted by molar-refractivity contribution is 0.101. The summed E-state index contributed by atoms with van der Waals surface area (Å²) in [5.74, 6) is 0.799. The highest BCUT2D eigenvalue weighted by atomic mass is 16.5. The minimum atomic E-state index is -0.502. The van der Waals surface area contributed by atoms with Crippen molar-refractivity contribution in [2.24, 2.45) is 5.92 Å². The molecule has 1 aliphatic rings. The van der Waals surface area contributed by atoms with E-state index in [1.165, 1.54) is 14.0 Å². The number of carbonyl (C=O) groups is 2. The number of hydrogen-bond donors (Lipinski definition) is 1. The van der Waals surface area contributed by atoms with Gasteiger partial charge < -0.3 is 14.4 Å². The van der Waals surface area contributed by atoms with Gasteiger partial charge >= 0.3 is 6.09 Å². The lowest BCUT2D eigenvalue weighted by Crippen LogP contribution is -2.32. The van der Waals surface area contributed by atoms with Crippen LogP contribution in [0.15, 0.2) is 18.2 Å². The number of piperidine rings is 1. The zero-order chi connectivity index (χ0) is 16.8. The molecule has 0 bridgehead atoms. The molecule has 0 unspecified atom stereocenters. The summed E-state index contributed by atoms with van der Waals surface area (Å²) >= 11 is 0. The third-order valence-corrected chi connectivity index (χ3v) is 4.13. The largest absolute Gasteiger partial charge is 0.495 e. The van der Waals surface area contributed by atoms with Crippen LogP contribution < -0.4 is 10.1 Å². The van der Waals surface area contributed by atoms with E-state index in [9.17, 15) is 9.59 Å². The molecule has 0 radical (unpaired) electrons. The average molecular weight is 320 g/mol. The molecular formula is C17H24N2O4. The molecule has 0 aliphatic carbocycles. The van der Waals surface area contributed by atoms with Gasteiger partial charge in [-0.15, -0.1) is 0 Å². The van der Waals surface area contributed by atoms with Crippen LogP contribution in [-0.4, -0.2) is 50.6 Å². The third kappa shape index (κ3) is 4.96. The summed E-state index contributed by atoms with van der Waals surface area (Å²) in [6.07, 6.45) is 1.58. The molecule has 1 amide bonds. The van der Waals surface area contributed by atoms with E-state index in [0.717, 1.165) is 25.9 Å². The van der Waals surface area contributed by atoms with Crippen molar-refractivity contribution in [3.05, 3.63) is 23.8 Å². The molecule has 1 aromatic rings. The Balaban J connectivity index is 1.88. The molecule has 1 heterocycles. The van der Waals surface area contributed by atoms with E-state index < -0.39 is 6.09 Å². The van der Waals surface area contributed by atoms with Crippen LogP contribution >= 0.6 is 0 Å². The van der Waals surface area contributed by atoms with Crippen LogP contribution in [0.5, 0.6) is 5.75 Å². The lowest BCUT2D eigenvalue weighted by atomic mass is 9.98. The summed E-state index contributed by atoms with van der Waals surface area (Å²) in [6.45, 7) is 3.98. The monoisotopic (exact) mass is 320 g/mol. The molecule has 1 N–H and O–H groups in total. The highest BCUT2D eigenvalue weighted by molar-refractivity contribution is 5.96. The Kier molecular flexibility index (Phi) is 5.98. The Hall–Kier alpha value is -2.08. The fourth-order valence-electron chi connectivity index (χ4n) is 2.58. The van der Waals surface area contributed by atoms with Crippen LogP contribution in [0.25, 0.3) is 0 Å². The molecule has 1 aliphatic heterocycles. The van der Waals surface area contributed by atoms with Gasteiger partial charge in [0.2, 0.25) is 0 Å². The molecule has 0 spiro atoms. The minimum Gasteiger partial charge on any atom is -0.495 e. The van der Waals surface area contributed by atoms with Gasteiger partial charge in [0.25, 0.3) is 0 Å². The van der Waals surface area contributed by atoms with Crippen LogP contribution in [0.4, 0.5) is 10.5 Å². The first-order valence-electron chi connectivity index (χ1n) is 7.81. The fourth-order valence-corrected chi connectivity index (χ4v) is 2.58. The van der Waals surface area contributed by atoms with E-state index in [1.54, 1.807) is 18.2 Å². The van der Waals surface area contributed by atoms with Gasteiger partial charge in [0.1, 0.15) is 5.75 Å². The smallest absolute Gasteiger partial charge is 0.411 e. The van der Waals surface area contributed by atoms with Crippen LogP contribution in [0, 0.1) is 5.92 Å². The van der Waals surface area contributed by atoms with Crippen molar-refractivity contribution in [2.45, 2.75) is 19.8 Å². The van der Waals surface area contributed by atoms with Crippen molar-refractivity contribution in [2.75, 3.05) is 39.2 Å². The highest BCUT2D eigenvalue weighted by Crippen LogP contribution is 2.26. The summed E-state index contributed by atoms with van der Waals surface area (Å²) < 4.78 is 10.5. The number of anilines is 1. The zero-order valence-corrected chi connectivity index (χ0v) is 13.9. The number of rotatable bonds is 5. The van der Waals surface area contributed by atoms with Crippen molar-refractivity contribution in [3.63, 3.8) is 0 Å². The molecule has 6 heteroatoms. The van der Waals surface area contributed by atoms with Gasteiger partial charge in [-0.25, -0.2) is 4.79 Å². The van der Waals surface area contributed by atoms with Gasteiger partial charge in [-0.1, -0.05) is 0 Å². The molecule has 1 saturated heterocycles. The molecule has 0 aromatic heterocycles. The second-order valence-corrected chi connectivity index (χ2v) is 5.94. The molecule has 2 rings (SSSR count). The molecule has 1 fully saturated rings. The van der Waals surface area contributed by atoms with E-state index in [2.05, 4.69) is 17.3 Å². The van der Waals surface area contributed by atoms with Gasteiger partial charge in [-0.05, 0) is 64.0 Å². The van der Waals surface area contributed by atoms with E-state index in [1.807, 2.05) is 0 Å². The maximum absolute atomic E-state index is 11.9. The number of likely N-dealkylation sites (tertiary alicyclic amines) is 1. The van der Waals surface area contributed by atoms with Crippen LogP contribution in [0.2, 0.25) is 0 Å². The summed E-state index contributed by atoms with van der Waals surface area (Å²) in [5.41, 5.74) is 1.03. The van der Waals surface area contributed by atoms with Gasteiger partial charge in [0.15, 0.2) is 5.78 Å². The zero-order valence-electron chi connectivity index (χ0n) is 13.9. The maximum Gasteiger partial charge on any atom is 0.411 e. The predicted molar refractivity (Wildman–Crippen MR) is 88.2 cm³/mol. The second kappa shape index (κ2) is 7.97. The summed E-state index contributed by atoms with van der Waals surface area (Å²) in [7, 11) is 3.59. The minimum absolute atomic E-state index is 0.0558. The number of methoxy groups -OCH3 is 1. The van der Waals surface area contributed by atoms with E-state index >= 15 is 0 Å². The first-order valence-corrected chi connectivity index (χ1v) is 7.81. The lowest BCUT2D eigenvalue weighted by Gasteiger charge is -2.28. The standard InChI is InChI=1S/C17H24N2O4/c1-12(20)14-4-5-15(16(10-14)22-3)18-17(21)23-11-13-6-8-19(2)9-7-13/h4-5,10,13H,6-9,11H2,1-3H3,(H,18,21). The Labute approximate surface area is 136 Å². The number of Topliss-reactive ketones (excluding diaryl/α,β-unsaturated/α-hetero) is 1. The van der Waals surface area contributed by atoms with Crippen LogP contribution in [-0.2, 0) is 4.74 Å². The summed E-state index contributed by atoms with van der Waals surface area (Å²) in [5, 5.41) is 2.67. The number of hydrogen-bond acceptors (Lipinski definition) is 5. The van der Waals surface area contributed by atoms with E-state index in [-0.39, 0.29) is 5.78 Å². The predicted octanol–water partition coefficient (Wildman–Crippen LogP) is 2.79. The maximum atomic E-state index is 11.9. The number of ketones is 1. The molecule has 1 aromatic carbocycles. The van der Waals surface area contributed by atoms with Gasteiger partial charge in [-0.2, -0.15) is 0 Å². The number of carbonyl (C=O) groups excluding carboxylic acids is 2. The Morgan fingerprint density at radius 3 is 2.61 bits per heavy atom. The number of nitrogens with one attached hydrogen (secondary N) is 1. The average Bonchev–Trinajstić information content (AvgIpc) is 2.54. The van der Waals surface area contributed by atoms with Gasteiger partial charge in [-0.3, -0.25) is 10.1 Å². The quantitative estimate of drug-likeness (QED) is 0.845. The molecular weight excluding hydrogens is 296 g/mol. The SMILES string of the molecule is COc1cc(C(C)=O)ccc1NC(=O)OCC1CCN(C)CC1. The Morgan fingerprint density at radius 1 is 1.30 bits per heavy atom. The molecule has 0 saturated carbocycles. The number of ether oxygens (including phenoxy) is 2. The normalized spacial score (nSPS) is 16.0. The summed E-state index contributed by atoms with van der Waals surface area (Å²) in [4.78, 5) is 25.6. The van der Waals surface area contributed by atoms with Crippen LogP contribution in [0.3, 0.4) is 0 Å². The van der Waals surface area contributed by atoms with Crippen molar-refractivity contribution in [3.8, 4) is 5.75 Å². The van der Waals surface area contributed by atoms with E-state index in [4.69, 9.17) is 9.47 Å². The number of nitrogens with zero attached hydrogens (tertiary/aromatic N) is 1. The Morgan fingerprint density at radius 2 is 2.00 bits per heavy atom. The van der Waals surface area contributed by atoms with Crippen molar-refractivity contribution in [1.29, 1.82) is 0 Å². The first-order chi connectivity index (χ1) is 11.0. The fraction of sp³-hybridized carbons (Fsp3) is 0.529. The Bertz CT molecular complexity index is 566.